The van der Waals surface area contributed by atoms with Crippen molar-refractivity contribution in [1.29, 1.82) is 0 Å². The topological polar surface area (TPSA) is 55.6 Å². The molecule has 0 aliphatic carbocycles. The van der Waals surface area contributed by atoms with Gasteiger partial charge in [0.2, 0.25) is 5.91 Å². The van der Waals surface area contributed by atoms with E-state index >= 15 is 0 Å². The van der Waals surface area contributed by atoms with E-state index in [0.29, 0.717) is 19.6 Å². The minimum atomic E-state index is 0. The zero-order valence-electron chi connectivity index (χ0n) is 11.0. The largest absolute Gasteiger partial charge is 0.493 e. The second kappa shape index (κ2) is 8.02. The summed E-state index contributed by atoms with van der Waals surface area (Å²) in [4.78, 5) is 13.9. The van der Waals surface area contributed by atoms with Crippen molar-refractivity contribution in [2.45, 2.75) is 25.3 Å². The fourth-order valence-electron chi connectivity index (χ4n) is 2.33. The van der Waals surface area contributed by atoms with Gasteiger partial charge in [-0.1, -0.05) is 18.2 Å². The third kappa shape index (κ3) is 4.40. The van der Waals surface area contributed by atoms with Crippen molar-refractivity contribution in [3.8, 4) is 5.75 Å². The number of benzene rings is 1. The van der Waals surface area contributed by atoms with E-state index in [-0.39, 0.29) is 24.4 Å². The number of hydrogen-bond acceptors (Lipinski definition) is 3. The summed E-state index contributed by atoms with van der Waals surface area (Å²) in [5.41, 5.74) is 5.66. The van der Waals surface area contributed by atoms with Crippen molar-refractivity contribution in [3.63, 3.8) is 0 Å². The lowest BCUT2D eigenvalue weighted by molar-refractivity contribution is -0.132. The molecule has 1 atom stereocenters. The molecule has 1 aromatic carbocycles. The summed E-state index contributed by atoms with van der Waals surface area (Å²) in [7, 11) is 0. The molecule has 1 heterocycles. The molecule has 1 aromatic rings. The third-order valence-corrected chi connectivity index (χ3v) is 3.30. The standard InChI is InChI=1S/C14H20N2O2.ClH/c15-11-12-5-4-9-16(12)14(17)8-10-18-13-6-2-1-3-7-13;/h1-3,6-7,12H,4-5,8-11,15H2;1H. The number of ether oxygens (including phenoxy) is 1. The van der Waals surface area contributed by atoms with Crippen LogP contribution in [0.25, 0.3) is 0 Å². The van der Waals surface area contributed by atoms with Crippen LogP contribution >= 0.6 is 12.4 Å². The predicted octanol–water partition coefficient (Wildman–Crippen LogP) is 1.83. The van der Waals surface area contributed by atoms with Gasteiger partial charge in [0.1, 0.15) is 5.75 Å². The lowest BCUT2D eigenvalue weighted by Gasteiger charge is -2.23. The van der Waals surface area contributed by atoms with Crippen LogP contribution < -0.4 is 10.5 Å². The molecule has 0 saturated carbocycles. The summed E-state index contributed by atoms with van der Waals surface area (Å²) < 4.78 is 5.53. The second-order valence-electron chi connectivity index (χ2n) is 4.53. The van der Waals surface area contributed by atoms with E-state index in [0.717, 1.165) is 25.1 Å². The zero-order chi connectivity index (χ0) is 12.8. The van der Waals surface area contributed by atoms with Gasteiger partial charge in [0.15, 0.2) is 0 Å². The normalized spacial score (nSPS) is 17.9. The van der Waals surface area contributed by atoms with Crippen LogP contribution in [0.3, 0.4) is 0 Å². The molecular formula is C14H21ClN2O2. The Labute approximate surface area is 120 Å². The summed E-state index contributed by atoms with van der Waals surface area (Å²) in [6.45, 7) is 1.83. The minimum absolute atomic E-state index is 0. The molecule has 0 spiro atoms. The molecule has 2 N–H and O–H groups in total. The van der Waals surface area contributed by atoms with Crippen LogP contribution in [0.1, 0.15) is 19.3 Å². The molecule has 0 aromatic heterocycles. The highest BCUT2D eigenvalue weighted by molar-refractivity contribution is 5.85. The fourth-order valence-corrected chi connectivity index (χ4v) is 2.33. The lowest BCUT2D eigenvalue weighted by Crippen LogP contribution is -2.40. The van der Waals surface area contributed by atoms with Crippen molar-refractivity contribution >= 4 is 18.3 Å². The minimum Gasteiger partial charge on any atom is -0.493 e. The number of nitrogens with two attached hydrogens (primary N) is 1. The van der Waals surface area contributed by atoms with Crippen LogP contribution in [0.5, 0.6) is 5.75 Å². The first-order valence-electron chi connectivity index (χ1n) is 6.48. The van der Waals surface area contributed by atoms with E-state index in [1.54, 1.807) is 0 Å². The Kier molecular flexibility index (Phi) is 6.67. The number of rotatable bonds is 5. The van der Waals surface area contributed by atoms with Gasteiger partial charge in [-0.05, 0) is 25.0 Å². The van der Waals surface area contributed by atoms with Crippen molar-refractivity contribution in [3.05, 3.63) is 30.3 Å². The van der Waals surface area contributed by atoms with E-state index in [4.69, 9.17) is 10.5 Å². The summed E-state index contributed by atoms with van der Waals surface area (Å²) >= 11 is 0. The van der Waals surface area contributed by atoms with E-state index in [9.17, 15) is 4.79 Å². The predicted molar refractivity (Wildman–Crippen MR) is 77.6 cm³/mol. The molecule has 1 amide bonds. The van der Waals surface area contributed by atoms with Crippen molar-refractivity contribution in [1.82, 2.24) is 4.90 Å². The van der Waals surface area contributed by atoms with Gasteiger partial charge in [-0.25, -0.2) is 0 Å². The van der Waals surface area contributed by atoms with Gasteiger partial charge in [-0.2, -0.15) is 0 Å². The number of carbonyl (C=O) groups excluding carboxylic acids is 1. The summed E-state index contributed by atoms with van der Waals surface area (Å²) in [6.07, 6.45) is 2.51. The monoisotopic (exact) mass is 284 g/mol. The van der Waals surface area contributed by atoms with Crippen LogP contribution in [0, 0.1) is 0 Å². The van der Waals surface area contributed by atoms with E-state index < -0.39 is 0 Å². The molecule has 1 fully saturated rings. The van der Waals surface area contributed by atoms with E-state index in [2.05, 4.69) is 0 Å². The number of carbonyl (C=O) groups is 1. The van der Waals surface area contributed by atoms with Crippen LogP contribution in [0.2, 0.25) is 0 Å². The Morgan fingerprint density at radius 3 is 2.79 bits per heavy atom. The second-order valence-corrected chi connectivity index (χ2v) is 4.53. The van der Waals surface area contributed by atoms with Crippen LogP contribution in [0.15, 0.2) is 30.3 Å². The van der Waals surface area contributed by atoms with Crippen LogP contribution in [-0.2, 0) is 4.79 Å². The molecule has 1 saturated heterocycles. The Hall–Kier alpha value is -1.26. The number of para-hydroxylation sites is 1. The summed E-state index contributed by atoms with van der Waals surface area (Å²) in [5.74, 6) is 0.959. The maximum Gasteiger partial charge on any atom is 0.226 e. The molecule has 2 rings (SSSR count). The summed E-state index contributed by atoms with van der Waals surface area (Å²) in [6, 6.07) is 9.79. The molecule has 1 aliphatic heterocycles. The number of halogens is 1. The molecule has 1 aliphatic rings. The maximum atomic E-state index is 12.0. The average molecular weight is 285 g/mol. The molecule has 106 valence electrons. The maximum absolute atomic E-state index is 12.0. The van der Waals surface area contributed by atoms with Crippen LogP contribution in [-0.4, -0.2) is 36.5 Å². The number of hydrogen-bond donors (Lipinski definition) is 1. The third-order valence-electron chi connectivity index (χ3n) is 3.30. The first-order chi connectivity index (χ1) is 8.81. The number of nitrogens with zero attached hydrogens (tertiary/aromatic N) is 1. The number of likely N-dealkylation sites (tertiary alicyclic amines) is 1. The van der Waals surface area contributed by atoms with Gasteiger partial charge in [0, 0.05) is 19.1 Å². The SMILES string of the molecule is Cl.NCC1CCCN1C(=O)CCOc1ccccc1. The highest BCUT2D eigenvalue weighted by Crippen LogP contribution is 2.17. The Morgan fingerprint density at radius 2 is 2.11 bits per heavy atom. The van der Waals surface area contributed by atoms with Gasteiger partial charge in [0.25, 0.3) is 0 Å². The van der Waals surface area contributed by atoms with Gasteiger partial charge < -0.3 is 15.4 Å². The molecule has 4 nitrogen and oxygen atoms in total. The van der Waals surface area contributed by atoms with Crippen molar-refractivity contribution in [2.24, 2.45) is 5.73 Å². The zero-order valence-corrected chi connectivity index (χ0v) is 11.8. The van der Waals surface area contributed by atoms with Crippen molar-refractivity contribution < 1.29 is 9.53 Å². The van der Waals surface area contributed by atoms with Gasteiger partial charge in [0.05, 0.1) is 13.0 Å². The molecule has 5 heteroatoms. The first-order valence-corrected chi connectivity index (χ1v) is 6.48. The highest BCUT2D eigenvalue weighted by atomic mass is 35.5. The summed E-state index contributed by atoms with van der Waals surface area (Å²) in [5, 5.41) is 0. The Balaban J connectivity index is 0.00000180. The molecule has 0 radical (unpaired) electrons. The average Bonchev–Trinajstić information content (AvgIpc) is 2.88. The number of amides is 1. The van der Waals surface area contributed by atoms with Crippen molar-refractivity contribution in [2.75, 3.05) is 19.7 Å². The highest BCUT2D eigenvalue weighted by Gasteiger charge is 2.26. The molecule has 19 heavy (non-hydrogen) atoms. The molecule has 0 bridgehead atoms. The smallest absolute Gasteiger partial charge is 0.226 e. The fraction of sp³-hybridized carbons (Fsp3) is 0.500. The molecule has 1 unspecified atom stereocenters. The van der Waals surface area contributed by atoms with Gasteiger partial charge in [-0.3, -0.25) is 4.79 Å². The van der Waals surface area contributed by atoms with Crippen LogP contribution in [0.4, 0.5) is 0 Å². The quantitative estimate of drug-likeness (QED) is 0.897. The Morgan fingerprint density at radius 1 is 1.37 bits per heavy atom. The van der Waals surface area contributed by atoms with Gasteiger partial charge in [-0.15, -0.1) is 12.4 Å². The lowest BCUT2D eigenvalue weighted by atomic mass is 10.2. The molecular weight excluding hydrogens is 264 g/mol. The van der Waals surface area contributed by atoms with E-state index in [1.807, 2.05) is 35.2 Å². The Bertz CT molecular complexity index is 386. The van der Waals surface area contributed by atoms with Gasteiger partial charge >= 0.3 is 0 Å². The first kappa shape index (κ1) is 15.8. The van der Waals surface area contributed by atoms with E-state index in [1.165, 1.54) is 0 Å².